The molecule has 88 valence electrons. The van der Waals surface area contributed by atoms with E-state index in [4.69, 9.17) is 20.3 Å². The molecule has 3 N–H and O–H groups in total. The Morgan fingerprint density at radius 3 is 2.81 bits per heavy atom. The van der Waals surface area contributed by atoms with Gasteiger partial charge in [-0.15, -0.1) is 0 Å². The van der Waals surface area contributed by atoms with Crippen LogP contribution in [0.25, 0.3) is 0 Å². The number of carbonyl (C=O) groups is 1. The largest absolute Gasteiger partial charge is 0.490 e. The van der Waals surface area contributed by atoms with Crippen molar-refractivity contribution in [2.75, 3.05) is 25.6 Å². The fourth-order valence-electron chi connectivity index (χ4n) is 1.19. The van der Waals surface area contributed by atoms with Crippen molar-refractivity contribution in [1.82, 2.24) is 0 Å². The molecule has 0 atom stereocenters. The van der Waals surface area contributed by atoms with Crippen LogP contribution in [0.1, 0.15) is 17.3 Å². The monoisotopic (exact) mass is 225 g/mol. The molecular weight excluding hydrogens is 210 g/mol. The van der Waals surface area contributed by atoms with Gasteiger partial charge >= 0.3 is 5.97 Å². The Bertz CT molecular complexity index is 365. The highest BCUT2D eigenvalue weighted by Crippen LogP contribution is 2.21. The van der Waals surface area contributed by atoms with Gasteiger partial charge < -0.3 is 20.3 Å². The van der Waals surface area contributed by atoms with E-state index in [1.54, 1.807) is 0 Å². The maximum absolute atomic E-state index is 10.9. The summed E-state index contributed by atoms with van der Waals surface area (Å²) in [5.41, 5.74) is 6.13. The number of anilines is 1. The van der Waals surface area contributed by atoms with Crippen LogP contribution in [0.15, 0.2) is 18.2 Å². The van der Waals surface area contributed by atoms with E-state index in [0.29, 0.717) is 25.5 Å². The summed E-state index contributed by atoms with van der Waals surface area (Å²) in [5, 5.41) is 8.91. The Morgan fingerprint density at radius 1 is 1.44 bits per heavy atom. The summed E-state index contributed by atoms with van der Waals surface area (Å²) in [7, 11) is 0. The first kappa shape index (κ1) is 12.3. The predicted octanol–water partition coefficient (Wildman–Crippen LogP) is 1.38. The van der Waals surface area contributed by atoms with Crippen molar-refractivity contribution >= 4 is 11.7 Å². The number of ether oxygens (including phenoxy) is 2. The summed E-state index contributed by atoms with van der Waals surface area (Å²) in [4.78, 5) is 10.9. The van der Waals surface area contributed by atoms with E-state index >= 15 is 0 Å². The molecule has 0 radical (unpaired) electrons. The maximum atomic E-state index is 10.9. The molecule has 0 bridgehead atoms. The molecule has 0 spiro atoms. The van der Waals surface area contributed by atoms with Gasteiger partial charge in [-0.1, -0.05) is 0 Å². The van der Waals surface area contributed by atoms with Crippen molar-refractivity contribution in [3.05, 3.63) is 23.8 Å². The minimum absolute atomic E-state index is 0.102. The van der Waals surface area contributed by atoms with Crippen molar-refractivity contribution in [1.29, 1.82) is 0 Å². The Morgan fingerprint density at radius 2 is 2.19 bits per heavy atom. The highest BCUT2D eigenvalue weighted by Gasteiger charge is 2.11. The summed E-state index contributed by atoms with van der Waals surface area (Å²) in [6.07, 6.45) is 0. The van der Waals surface area contributed by atoms with Crippen molar-refractivity contribution in [3.63, 3.8) is 0 Å². The first-order chi connectivity index (χ1) is 7.65. The predicted molar refractivity (Wildman–Crippen MR) is 59.8 cm³/mol. The second-order valence-electron chi connectivity index (χ2n) is 3.11. The normalized spacial score (nSPS) is 10.1. The van der Waals surface area contributed by atoms with Gasteiger partial charge in [-0.05, 0) is 19.1 Å². The van der Waals surface area contributed by atoms with Crippen LogP contribution in [0.2, 0.25) is 0 Å². The fourth-order valence-corrected chi connectivity index (χ4v) is 1.19. The van der Waals surface area contributed by atoms with Gasteiger partial charge in [0.1, 0.15) is 17.9 Å². The molecular formula is C11H15NO4. The molecule has 0 aliphatic heterocycles. The lowest BCUT2D eigenvalue weighted by Crippen LogP contribution is -2.09. The first-order valence-corrected chi connectivity index (χ1v) is 4.98. The van der Waals surface area contributed by atoms with Crippen molar-refractivity contribution in [2.24, 2.45) is 0 Å². The van der Waals surface area contributed by atoms with E-state index in [9.17, 15) is 4.79 Å². The van der Waals surface area contributed by atoms with E-state index in [1.165, 1.54) is 18.2 Å². The molecule has 5 heteroatoms. The van der Waals surface area contributed by atoms with Crippen LogP contribution in [0, 0.1) is 0 Å². The van der Waals surface area contributed by atoms with Crippen molar-refractivity contribution < 1.29 is 19.4 Å². The minimum Gasteiger partial charge on any atom is -0.490 e. The van der Waals surface area contributed by atoms with E-state index in [1.807, 2.05) is 6.92 Å². The zero-order chi connectivity index (χ0) is 12.0. The number of nitrogen functional groups attached to an aromatic ring is 1. The lowest BCUT2D eigenvalue weighted by molar-refractivity contribution is 0.0687. The van der Waals surface area contributed by atoms with E-state index in [0.717, 1.165) is 0 Å². The van der Waals surface area contributed by atoms with Crippen LogP contribution in [0.3, 0.4) is 0 Å². The van der Waals surface area contributed by atoms with Crippen molar-refractivity contribution in [3.8, 4) is 5.75 Å². The number of rotatable bonds is 6. The molecule has 0 aliphatic carbocycles. The van der Waals surface area contributed by atoms with E-state index < -0.39 is 5.97 Å². The van der Waals surface area contributed by atoms with Crippen LogP contribution in [-0.4, -0.2) is 30.9 Å². The molecule has 1 aromatic rings. The number of carboxylic acid groups (broad SMARTS) is 1. The van der Waals surface area contributed by atoms with Crippen molar-refractivity contribution in [2.45, 2.75) is 6.92 Å². The summed E-state index contributed by atoms with van der Waals surface area (Å²) in [5.74, 6) is -0.765. The summed E-state index contributed by atoms with van der Waals surface area (Å²) >= 11 is 0. The Kier molecular flexibility index (Phi) is 4.60. The van der Waals surface area contributed by atoms with E-state index in [-0.39, 0.29) is 11.3 Å². The van der Waals surface area contributed by atoms with Crippen LogP contribution in [0.5, 0.6) is 5.75 Å². The van der Waals surface area contributed by atoms with E-state index in [2.05, 4.69) is 0 Å². The molecule has 0 aliphatic rings. The summed E-state index contributed by atoms with van der Waals surface area (Å²) in [6, 6.07) is 4.45. The third kappa shape index (κ3) is 3.43. The van der Waals surface area contributed by atoms with Gasteiger partial charge in [0, 0.05) is 18.4 Å². The van der Waals surface area contributed by atoms with Gasteiger partial charge in [0.2, 0.25) is 0 Å². The molecule has 1 rings (SSSR count). The smallest absolute Gasteiger partial charge is 0.339 e. The molecule has 0 aromatic heterocycles. The average Bonchev–Trinajstić information content (AvgIpc) is 2.24. The molecule has 0 fully saturated rings. The van der Waals surface area contributed by atoms with Crippen LogP contribution in [-0.2, 0) is 4.74 Å². The fraction of sp³-hybridized carbons (Fsp3) is 0.364. The van der Waals surface area contributed by atoms with Gasteiger partial charge in [0.25, 0.3) is 0 Å². The molecule has 0 amide bonds. The van der Waals surface area contributed by atoms with Gasteiger partial charge in [-0.25, -0.2) is 4.79 Å². The van der Waals surface area contributed by atoms with Crippen LogP contribution < -0.4 is 10.5 Å². The maximum Gasteiger partial charge on any atom is 0.339 e. The number of carboxylic acids is 1. The molecule has 0 saturated heterocycles. The topological polar surface area (TPSA) is 81.8 Å². The SMILES string of the molecule is CCOCCOc1cc(N)ccc1C(=O)O. The quantitative estimate of drug-likeness (QED) is 0.564. The van der Waals surface area contributed by atoms with Crippen LogP contribution >= 0.6 is 0 Å². The molecule has 0 unspecified atom stereocenters. The molecule has 1 aromatic carbocycles. The third-order valence-corrected chi connectivity index (χ3v) is 1.93. The number of benzene rings is 1. The third-order valence-electron chi connectivity index (χ3n) is 1.93. The van der Waals surface area contributed by atoms with Gasteiger partial charge in [0.15, 0.2) is 0 Å². The second-order valence-corrected chi connectivity index (χ2v) is 3.11. The van der Waals surface area contributed by atoms with Crippen LogP contribution in [0.4, 0.5) is 5.69 Å². The molecule has 16 heavy (non-hydrogen) atoms. The first-order valence-electron chi connectivity index (χ1n) is 4.98. The summed E-state index contributed by atoms with van der Waals surface area (Å²) in [6.45, 7) is 3.21. The number of hydrogen-bond acceptors (Lipinski definition) is 4. The van der Waals surface area contributed by atoms with Gasteiger partial charge in [-0.2, -0.15) is 0 Å². The number of nitrogens with two attached hydrogens (primary N) is 1. The zero-order valence-corrected chi connectivity index (χ0v) is 9.10. The Labute approximate surface area is 93.8 Å². The zero-order valence-electron chi connectivity index (χ0n) is 9.10. The standard InChI is InChI=1S/C11H15NO4/c1-2-15-5-6-16-10-7-8(12)3-4-9(10)11(13)14/h3-4,7H,2,5-6,12H2,1H3,(H,13,14). The van der Waals surface area contributed by atoms with Gasteiger partial charge in [-0.3, -0.25) is 0 Å². The molecule has 0 saturated carbocycles. The average molecular weight is 225 g/mol. The minimum atomic E-state index is -1.04. The second kappa shape index (κ2) is 5.97. The Balaban J connectivity index is 2.68. The van der Waals surface area contributed by atoms with Gasteiger partial charge in [0.05, 0.1) is 6.61 Å². The number of hydrogen-bond donors (Lipinski definition) is 2. The highest BCUT2D eigenvalue weighted by molar-refractivity contribution is 5.91. The number of aromatic carboxylic acids is 1. The molecule has 0 heterocycles. The lowest BCUT2D eigenvalue weighted by Gasteiger charge is -2.09. The lowest BCUT2D eigenvalue weighted by atomic mass is 10.2. The highest BCUT2D eigenvalue weighted by atomic mass is 16.5. The molecule has 5 nitrogen and oxygen atoms in total. The summed E-state index contributed by atoms with van der Waals surface area (Å²) < 4.78 is 10.4. The Hall–Kier alpha value is -1.75.